The number of rotatable bonds is 6. The molecule has 0 spiro atoms. The average Bonchev–Trinajstić information content (AvgIpc) is 2.84. The maximum atomic E-state index is 6.24. The van der Waals surface area contributed by atoms with Crippen molar-refractivity contribution in [3.8, 4) is 5.75 Å². The highest BCUT2D eigenvalue weighted by molar-refractivity contribution is 5.35. The summed E-state index contributed by atoms with van der Waals surface area (Å²) in [7, 11) is 0. The van der Waals surface area contributed by atoms with Crippen LogP contribution in [0.15, 0.2) is 24.3 Å². The van der Waals surface area contributed by atoms with Gasteiger partial charge in [0.1, 0.15) is 11.9 Å². The fourth-order valence-electron chi connectivity index (χ4n) is 2.72. The van der Waals surface area contributed by atoms with Gasteiger partial charge < -0.3 is 4.74 Å². The number of hydrogen-bond acceptors (Lipinski definition) is 2. The van der Waals surface area contributed by atoms with Gasteiger partial charge in [-0.05, 0) is 36.9 Å². The highest BCUT2D eigenvalue weighted by atomic mass is 16.5. The molecule has 19 heavy (non-hydrogen) atoms. The van der Waals surface area contributed by atoms with Crippen LogP contribution >= 0.6 is 0 Å². The summed E-state index contributed by atoms with van der Waals surface area (Å²) in [4.78, 5) is 2.53. The minimum atomic E-state index is 0.372. The lowest BCUT2D eigenvalue weighted by Crippen LogP contribution is -2.26. The van der Waals surface area contributed by atoms with E-state index < -0.39 is 0 Å². The van der Waals surface area contributed by atoms with Crippen molar-refractivity contribution in [3.05, 3.63) is 29.8 Å². The van der Waals surface area contributed by atoms with Crippen LogP contribution in [-0.4, -0.2) is 30.6 Å². The zero-order valence-electron chi connectivity index (χ0n) is 12.6. The Kier molecular flexibility index (Phi) is 5.26. The van der Waals surface area contributed by atoms with Crippen LogP contribution in [0.25, 0.3) is 0 Å². The van der Waals surface area contributed by atoms with E-state index in [1.165, 1.54) is 31.5 Å². The highest BCUT2D eigenvalue weighted by Crippen LogP contribution is 2.28. The Morgan fingerprint density at radius 3 is 2.84 bits per heavy atom. The number of unbranched alkanes of at least 4 members (excludes halogenated alkanes) is 1. The summed E-state index contributed by atoms with van der Waals surface area (Å²) in [5.41, 5.74) is 1.33. The van der Waals surface area contributed by atoms with Crippen LogP contribution in [0.5, 0.6) is 5.75 Å². The molecule has 106 valence electrons. The number of ether oxygens (including phenoxy) is 1. The number of hydrogen-bond donors (Lipinski definition) is 0. The smallest absolute Gasteiger partial charge is 0.123 e. The third-order valence-corrected chi connectivity index (χ3v) is 3.89. The van der Waals surface area contributed by atoms with Gasteiger partial charge in [0.05, 0.1) is 0 Å². The number of nitrogens with zero attached hydrogens (tertiary/aromatic N) is 1. The van der Waals surface area contributed by atoms with Gasteiger partial charge in [-0.15, -0.1) is 0 Å². The van der Waals surface area contributed by atoms with Gasteiger partial charge in [0, 0.05) is 13.1 Å². The summed E-state index contributed by atoms with van der Waals surface area (Å²) >= 11 is 0. The largest absolute Gasteiger partial charge is 0.489 e. The molecule has 2 rings (SSSR count). The summed E-state index contributed by atoms with van der Waals surface area (Å²) in [5, 5.41) is 0. The molecule has 1 atom stereocenters. The molecule has 2 nitrogen and oxygen atoms in total. The summed E-state index contributed by atoms with van der Waals surface area (Å²) in [6.07, 6.45) is 4.11. The zero-order chi connectivity index (χ0) is 13.7. The van der Waals surface area contributed by atoms with E-state index in [4.69, 9.17) is 4.74 Å². The first-order valence-corrected chi connectivity index (χ1v) is 7.68. The molecule has 2 heteroatoms. The molecule has 1 saturated heterocycles. The predicted molar refractivity (Wildman–Crippen MR) is 80.9 cm³/mol. The van der Waals surface area contributed by atoms with Gasteiger partial charge in [-0.3, -0.25) is 4.90 Å². The van der Waals surface area contributed by atoms with Crippen LogP contribution in [0.4, 0.5) is 0 Å². The molecule has 0 saturated carbocycles. The normalized spacial score (nSPS) is 20.1. The fraction of sp³-hybridized carbons (Fsp3) is 0.647. The van der Waals surface area contributed by atoms with Crippen molar-refractivity contribution in [2.45, 2.75) is 52.1 Å². The standard InChI is InChI=1S/C17H27NO/c1-4-5-11-18-12-10-15(13-18)19-17-9-7-6-8-16(17)14(2)3/h6-9,14-15H,4-5,10-13H2,1-3H3. The molecule has 0 aromatic heterocycles. The maximum Gasteiger partial charge on any atom is 0.123 e. The maximum absolute atomic E-state index is 6.24. The Bertz CT molecular complexity index is 389. The molecular weight excluding hydrogens is 234 g/mol. The lowest BCUT2D eigenvalue weighted by atomic mass is 10.0. The monoisotopic (exact) mass is 261 g/mol. The van der Waals surface area contributed by atoms with Crippen molar-refractivity contribution in [1.29, 1.82) is 0 Å². The van der Waals surface area contributed by atoms with Gasteiger partial charge in [0.15, 0.2) is 0 Å². The van der Waals surface area contributed by atoms with Gasteiger partial charge in [0.25, 0.3) is 0 Å². The zero-order valence-corrected chi connectivity index (χ0v) is 12.6. The highest BCUT2D eigenvalue weighted by Gasteiger charge is 2.24. The van der Waals surface area contributed by atoms with E-state index in [1.54, 1.807) is 0 Å². The Labute approximate surface area is 117 Å². The van der Waals surface area contributed by atoms with Crippen molar-refractivity contribution in [3.63, 3.8) is 0 Å². The van der Waals surface area contributed by atoms with E-state index in [0.29, 0.717) is 12.0 Å². The molecule has 1 aromatic rings. The second-order valence-electron chi connectivity index (χ2n) is 5.88. The molecule has 0 bridgehead atoms. The van der Waals surface area contributed by atoms with E-state index in [0.717, 1.165) is 18.7 Å². The average molecular weight is 261 g/mol. The van der Waals surface area contributed by atoms with E-state index in [2.05, 4.69) is 49.9 Å². The van der Waals surface area contributed by atoms with Crippen LogP contribution in [0, 0.1) is 0 Å². The Hall–Kier alpha value is -1.02. The minimum absolute atomic E-state index is 0.372. The Morgan fingerprint density at radius 1 is 1.32 bits per heavy atom. The number of para-hydroxylation sites is 1. The van der Waals surface area contributed by atoms with Gasteiger partial charge in [0.2, 0.25) is 0 Å². The minimum Gasteiger partial charge on any atom is -0.489 e. The molecular formula is C17H27NO. The Morgan fingerprint density at radius 2 is 2.11 bits per heavy atom. The first-order chi connectivity index (χ1) is 9.20. The molecule has 1 fully saturated rings. The van der Waals surface area contributed by atoms with E-state index >= 15 is 0 Å². The lowest BCUT2D eigenvalue weighted by molar-refractivity contribution is 0.197. The summed E-state index contributed by atoms with van der Waals surface area (Å²) in [5.74, 6) is 1.61. The number of benzene rings is 1. The molecule has 1 heterocycles. The quantitative estimate of drug-likeness (QED) is 0.765. The van der Waals surface area contributed by atoms with Crippen LogP contribution < -0.4 is 4.74 Å². The fourth-order valence-corrected chi connectivity index (χ4v) is 2.72. The molecule has 0 N–H and O–H groups in total. The van der Waals surface area contributed by atoms with Crippen molar-refractivity contribution < 1.29 is 4.74 Å². The van der Waals surface area contributed by atoms with Crippen molar-refractivity contribution in [1.82, 2.24) is 4.90 Å². The van der Waals surface area contributed by atoms with E-state index in [1.807, 2.05) is 0 Å². The third kappa shape index (κ3) is 3.97. The number of likely N-dealkylation sites (tertiary alicyclic amines) is 1. The lowest BCUT2D eigenvalue weighted by Gasteiger charge is -2.19. The molecule has 0 radical (unpaired) electrons. The topological polar surface area (TPSA) is 12.5 Å². The molecule has 0 amide bonds. The summed E-state index contributed by atoms with van der Waals surface area (Å²) in [6.45, 7) is 10.2. The second kappa shape index (κ2) is 6.95. The van der Waals surface area contributed by atoms with Gasteiger partial charge in [-0.2, -0.15) is 0 Å². The Balaban J connectivity index is 1.92. The predicted octanol–water partition coefficient (Wildman–Crippen LogP) is 4.06. The van der Waals surface area contributed by atoms with E-state index in [-0.39, 0.29) is 0 Å². The van der Waals surface area contributed by atoms with Crippen molar-refractivity contribution in [2.75, 3.05) is 19.6 Å². The van der Waals surface area contributed by atoms with Gasteiger partial charge in [-0.25, -0.2) is 0 Å². The first-order valence-electron chi connectivity index (χ1n) is 7.68. The van der Waals surface area contributed by atoms with E-state index in [9.17, 15) is 0 Å². The molecule has 1 aromatic carbocycles. The van der Waals surface area contributed by atoms with Gasteiger partial charge in [-0.1, -0.05) is 45.4 Å². The molecule has 1 aliphatic heterocycles. The molecule has 1 aliphatic rings. The van der Waals surface area contributed by atoms with Crippen LogP contribution in [0.3, 0.4) is 0 Å². The summed E-state index contributed by atoms with van der Waals surface area (Å²) < 4.78 is 6.24. The second-order valence-corrected chi connectivity index (χ2v) is 5.88. The van der Waals surface area contributed by atoms with Crippen molar-refractivity contribution in [2.24, 2.45) is 0 Å². The van der Waals surface area contributed by atoms with Crippen LogP contribution in [0.1, 0.15) is 51.5 Å². The first kappa shape index (κ1) is 14.4. The van der Waals surface area contributed by atoms with Crippen LogP contribution in [-0.2, 0) is 0 Å². The SMILES string of the molecule is CCCCN1CCC(Oc2ccccc2C(C)C)C1. The third-order valence-electron chi connectivity index (χ3n) is 3.89. The molecule has 1 unspecified atom stereocenters. The van der Waals surface area contributed by atoms with Gasteiger partial charge >= 0.3 is 0 Å². The van der Waals surface area contributed by atoms with Crippen molar-refractivity contribution >= 4 is 0 Å². The summed E-state index contributed by atoms with van der Waals surface area (Å²) in [6, 6.07) is 8.48. The van der Waals surface area contributed by atoms with Crippen LogP contribution in [0.2, 0.25) is 0 Å². The molecule has 0 aliphatic carbocycles.